The molecule has 0 unspecified atom stereocenters. The van der Waals surface area contributed by atoms with E-state index < -0.39 is 0 Å². The Balaban J connectivity index is 1.85. The maximum Gasteiger partial charge on any atom is 0.251 e. The average molecular weight is 266 g/mol. The Morgan fingerprint density at radius 2 is 2.18 bits per heavy atom. The van der Waals surface area contributed by atoms with Crippen molar-refractivity contribution in [2.24, 2.45) is 0 Å². The van der Waals surface area contributed by atoms with E-state index in [0.717, 1.165) is 6.42 Å². The van der Waals surface area contributed by atoms with Crippen molar-refractivity contribution in [2.45, 2.75) is 6.42 Å². The molecule has 4 heteroatoms. The summed E-state index contributed by atoms with van der Waals surface area (Å²) in [5, 5.41) is 5.49. The van der Waals surface area contributed by atoms with Gasteiger partial charge in [0.15, 0.2) is 0 Å². The highest BCUT2D eigenvalue weighted by molar-refractivity contribution is 7.09. The van der Waals surface area contributed by atoms with Gasteiger partial charge >= 0.3 is 0 Å². The number of benzene rings is 1. The van der Waals surface area contributed by atoms with Crippen LogP contribution in [0.2, 0.25) is 5.02 Å². The molecule has 2 rings (SSSR count). The zero-order chi connectivity index (χ0) is 12.1. The van der Waals surface area contributed by atoms with Crippen molar-refractivity contribution in [3.05, 3.63) is 57.2 Å². The third-order valence-corrected chi connectivity index (χ3v) is 3.50. The molecular weight excluding hydrogens is 254 g/mol. The van der Waals surface area contributed by atoms with Crippen LogP contribution in [0.25, 0.3) is 0 Å². The molecule has 17 heavy (non-hydrogen) atoms. The third kappa shape index (κ3) is 3.58. The van der Waals surface area contributed by atoms with E-state index in [1.807, 2.05) is 11.4 Å². The third-order valence-electron chi connectivity index (χ3n) is 2.32. The van der Waals surface area contributed by atoms with Crippen molar-refractivity contribution >= 4 is 28.8 Å². The molecule has 0 saturated carbocycles. The van der Waals surface area contributed by atoms with E-state index in [9.17, 15) is 4.79 Å². The van der Waals surface area contributed by atoms with Crippen molar-refractivity contribution in [1.82, 2.24) is 5.32 Å². The minimum absolute atomic E-state index is 0.0796. The monoisotopic (exact) mass is 265 g/mol. The van der Waals surface area contributed by atoms with E-state index in [1.54, 1.807) is 35.6 Å². The lowest BCUT2D eigenvalue weighted by Gasteiger charge is -2.04. The van der Waals surface area contributed by atoms with Gasteiger partial charge in [-0.15, -0.1) is 11.3 Å². The Labute approximate surface area is 109 Å². The first-order valence-corrected chi connectivity index (χ1v) is 6.57. The molecule has 0 fully saturated rings. The second-order valence-corrected chi connectivity index (χ2v) is 5.06. The molecule has 1 aromatic carbocycles. The summed E-state index contributed by atoms with van der Waals surface area (Å²) >= 11 is 7.53. The fourth-order valence-electron chi connectivity index (χ4n) is 1.49. The molecule has 0 aliphatic heterocycles. The highest BCUT2D eigenvalue weighted by atomic mass is 35.5. The number of nitrogens with one attached hydrogen (secondary N) is 1. The summed E-state index contributed by atoms with van der Waals surface area (Å²) in [5.41, 5.74) is 0.601. The SMILES string of the molecule is O=C(NCCc1cccs1)c1cccc(Cl)c1. The van der Waals surface area contributed by atoms with Crippen LogP contribution in [0.5, 0.6) is 0 Å². The van der Waals surface area contributed by atoms with Crippen LogP contribution in [0.3, 0.4) is 0 Å². The Morgan fingerprint density at radius 3 is 2.88 bits per heavy atom. The number of halogens is 1. The van der Waals surface area contributed by atoms with Gasteiger partial charge in [0.25, 0.3) is 5.91 Å². The van der Waals surface area contributed by atoms with Crippen LogP contribution >= 0.6 is 22.9 Å². The van der Waals surface area contributed by atoms with Crippen LogP contribution in [-0.4, -0.2) is 12.5 Å². The second kappa shape index (κ2) is 5.84. The van der Waals surface area contributed by atoms with E-state index >= 15 is 0 Å². The number of amides is 1. The zero-order valence-electron chi connectivity index (χ0n) is 9.15. The smallest absolute Gasteiger partial charge is 0.251 e. The summed E-state index contributed by atoms with van der Waals surface area (Å²) < 4.78 is 0. The van der Waals surface area contributed by atoms with Crippen LogP contribution in [0.1, 0.15) is 15.2 Å². The molecular formula is C13H12ClNOS. The lowest BCUT2D eigenvalue weighted by atomic mass is 10.2. The van der Waals surface area contributed by atoms with Gasteiger partial charge in [-0.2, -0.15) is 0 Å². The Morgan fingerprint density at radius 1 is 1.29 bits per heavy atom. The second-order valence-electron chi connectivity index (χ2n) is 3.60. The molecule has 1 heterocycles. The number of hydrogen-bond donors (Lipinski definition) is 1. The molecule has 1 N–H and O–H groups in total. The molecule has 2 nitrogen and oxygen atoms in total. The van der Waals surface area contributed by atoms with Crippen LogP contribution < -0.4 is 5.32 Å². The molecule has 0 bridgehead atoms. The van der Waals surface area contributed by atoms with Gasteiger partial charge in [0.2, 0.25) is 0 Å². The summed E-state index contributed by atoms with van der Waals surface area (Å²) in [6.45, 7) is 0.645. The molecule has 1 amide bonds. The highest BCUT2D eigenvalue weighted by Gasteiger charge is 2.04. The zero-order valence-corrected chi connectivity index (χ0v) is 10.7. The number of thiophene rings is 1. The summed E-state index contributed by atoms with van der Waals surface area (Å²) in [5.74, 6) is -0.0796. The van der Waals surface area contributed by atoms with Crippen molar-refractivity contribution in [3.63, 3.8) is 0 Å². The normalized spacial score (nSPS) is 10.2. The molecule has 0 aliphatic rings. The molecule has 0 radical (unpaired) electrons. The van der Waals surface area contributed by atoms with Crippen molar-refractivity contribution in [2.75, 3.05) is 6.54 Å². The highest BCUT2D eigenvalue weighted by Crippen LogP contribution is 2.11. The van der Waals surface area contributed by atoms with E-state index in [1.165, 1.54) is 4.88 Å². The Bertz CT molecular complexity index is 496. The van der Waals surface area contributed by atoms with Gasteiger partial charge < -0.3 is 5.32 Å². The summed E-state index contributed by atoms with van der Waals surface area (Å²) in [4.78, 5) is 13.0. The van der Waals surface area contributed by atoms with E-state index in [-0.39, 0.29) is 5.91 Å². The van der Waals surface area contributed by atoms with Gasteiger partial charge in [0.1, 0.15) is 0 Å². The Hall–Kier alpha value is -1.32. The predicted molar refractivity (Wildman–Crippen MR) is 71.8 cm³/mol. The van der Waals surface area contributed by atoms with E-state index in [0.29, 0.717) is 17.1 Å². The fraction of sp³-hybridized carbons (Fsp3) is 0.154. The molecule has 0 saturated heterocycles. The first kappa shape index (κ1) is 12.1. The molecule has 2 aromatic rings. The van der Waals surface area contributed by atoms with Crippen LogP contribution in [0, 0.1) is 0 Å². The fourth-order valence-corrected chi connectivity index (χ4v) is 2.39. The van der Waals surface area contributed by atoms with Gasteiger partial charge in [-0.05, 0) is 36.1 Å². The maximum atomic E-state index is 11.8. The first-order chi connectivity index (χ1) is 8.25. The topological polar surface area (TPSA) is 29.1 Å². The predicted octanol–water partition coefficient (Wildman–Crippen LogP) is 3.37. The van der Waals surface area contributed by atoms with Gasteiger partial charge in [-0.1, -0.05) is 23.7 Å². The number of rotatable bonds is 4. The van der Waals surface area contributed by atoms with Crippen molar-refractivity contribution in [1.29, 1.82) is 0 Å². The lowest BCUT2D eigenvalue weighted by molar-refractivity contribution is 0.0954. The maximum absolute atomic E-state index is 11.8. The van der Waals surface area contributed by atoms with Crippen molar-refractivity contribution in [3.8, 4) is 0 Å². The molecule has 88 valence electrons. The molecule has 0 spiro atoms. The average Bonchev–Trinajstić information content (AvgIpc) is 2.82. The van der Waals surface area contributed by atoms with E-state index in [4.69, 9.17) is 11.6 Å². The minimum atomic E-state index is -0.0796. The van der Waals surface area contributed by atoms with Crippen LogP contribution in [0.15, 0.2) is 41.8 Å². The first-order valence-electron chi connectivity index (χ1n) is 5.32. The van der Waals surface area contributed by atoms with E-state index in [2.05, 4.69) is 11.4 Å². The molecule has 0 aliphatic carbocycles. The van der Waals surface area contributed by atoms with Gasteiger partial charge in [-0.3, -0.25) is 4.79 Å². The van der Waals surface area contributed by atoms with Gasteiger partial charge in [0.05, 0.1) is 0 Å². The molecule has 0 atom stereocenters. The minimum Gasteiger partial charge on any atom is -0.352 e. The van der Waals surface area contributed by atoms with Gasteiger partial charge in [0, 0.05) is 22.0 Å². The van der Waals surface area contributed by atoms with Crippen molar-refractivity contribution < 1.29 is 4.79 Å². The lowest BCUT2D eigenvalue weighted by Crippen LogP contribution is -2.25. The summed E-state index contributed by atoms with van der Waals surface area (Å²) in [7, 11) is 0. The summed E-state index contributed by atoms with van der Waals surface area (Å²) in [6.07, 6.45) is 0.865. The number of carbonyl (C=O) groups excluding carboxylic acids is 1. The molecule has 1 aromatic heterocycles. The largest absolute Gasteiger partial charge is 0.352 e. The number of carbonyl (C=O) groups is 1. The number of hydrogen-bond acceptors (Lipinski definition) is 2. The standard InChI is InChI=1S/C13H12ClNOS/c14-11-4-1-3-10(9-11)13(16)15-7-6-12-5-2-8-17-12/h1-5,8-9H,6-7H2,(H,15,16). The van der Waals surface area contributed by atoms with Crippen LogP contribution in [-0.2, 0) is 6.42 Å². The quantitative estimate of drug-likeness (QED) is 0.902. The van der Waals surface area contributed by atoms with Gasteiger partial charge in [-0.25, -0.2) is 0 Å². The summed E-state index contributed by atoms with van der Waals surface area (Å²) in [6, 6.07) is 11.0. The van der Waals surface area contributed by atoms with Crippen LogP contribution in [0.4, 0.5) is 0 Å². The Kier molecular flexibility index (Phi) is 4.18.